The Morgan fingerprint density at radius 3 is 1.67 bits per heavy atom. The zero-order valence-corrected chi connectivity index (χ0v) is 10.6. The Kier molecular flexibility index (Phi) is 5.38. The van der Waals surface area contributed by atoms with Gasteiger partial charge in [0.05, 0.1) is 0 Å². The van der Waals surface area contributed by atoms with Gasteiger partial charge in [0.15, 0.2) is 0 Å². The minimum atomic E-state index is 0.293. The molecule has 0 bridgehead atoms. The molecule has 2 heteroatoms. The van der Waals surface area contributed by atoms with Crippen molar-refractivity contribution in [2.24, 2.45) is 0 Å². The van der Waals surface area contributed by atoms with Crippen molar-refractivity contribution in [3.8, 4) is 0 Å². The first-order valence-corrected chi connectivity index (χ1v) is 5.03. The molecule has 12 heavy (non-hydrogen) atoms. The molecule has 0 spiro atoms. The molecular weight excluding hydrogens is 255 g/mol. The van der Waals surface area contributed by atoms with Crippen LogP contribution in [-0.4, -0.2) is 22.5 Å². The molecule has 0 heterocycles. The number of hydrogen-bond acceptors (Lipinski definition) is 1. The molecule has 0 atom stereocenters. The van der Waals surface area contributed by atoms with Gasteiger partial charge in [0.2, 0.25) is 0 Å². The summed E-state index contributed by atoms with van der Waals surface area (Å²) < 4.78 is 8.34. The summed E-state index contributed by atoms with van der Waals surface area (Å²) in [7, 11) is 0. The SMILES string of the molecule is CC(C)(C)c1ccccc1.[O]=[Sn]. The molecule has 0 aliphatic heterocycles. The zero-order valence-electron chi connectivity index (χ0n) is 7.79. The van der Waals surface area contributed by atoms with Gasteiger partial charge in [-0.05, 0) is 11.0 Å². The van der Waals surface area contributed by atoms with Crippen LogP contribution in [0.3, 0.4) is 0 Å². The monoisotopic (exact) mass is 270 g/mol. The van der Waals surface area contributed by atoms with E-state index in [2.05, 4.69) is 51.1 Å². The molecule has 0 saturated heterocycles. The van der Waals surface area contributed by atoms with E-state index in [-0.39, 0.29) is 0 Å². The van der Waals surface area contributed by atoms with E-state index >= 15 is 0 Å². The molecule has 1 aromatic rings. The number of benzene rings is 1. The molecule has 1 aromatic carbocycles. The van der Waals surface area contributed by atoms with Crippen molar-refractivity contribution in [3.63, 3.8) is 0 Å². The molecule has 0 N–H and O–H groups in total. The van der Waals surface area contributed by atoms with Crippen LogP contribution in [0.2, 0.25) is 0 Å². The summed E-state index contributed by atoms with van der Waals surface area (Å²) in [6.07, 6.45) is 0. The topological polar surface area (TPSA) is 17.1 Å². The van der Waals surface area contributed by atoms with Crippen molar-refractivity contribution in [3.05, 3.63) is 35.9 Å². The molecule has 0 amide bonds. The third-order valence-corrected chi connectivity index (χ3v) is 1.64. The molecular formula is C10H14OSn. The van der Waals surface area contributed by atoms with E-state index < -0.39 is 0 Å². The van der Waals surface area contributed by atoms with Gasteiger partial charge in [-0.3, -0.25) is 0 Å². The van der Waals surface area contributed by atoms with E-state index in [0.29, 0.717) is 27.9 Å². The summed E-state index contributed by atoms with van der Waals surface area (Å²) in [5.41, 5.74) is 1.69. The first-order valence-electron chi connectivity index (χ1n) is 3.86. The van der Waals surface area contributed by atoms with Gasteiger partial charge in [0.25, 0.3) is 0 Å². The first-order chi connectivity index (χ1) is 5.61. The van der Waals surface area contributed by atoms with Crippen molar-refractivity contribution >= 4 is 22.5 Å². The third-order valence-electron chi connectivity index (χ3n) is 1.64. The first kappa shape index (κ1) is 11.8. The normalized spacial score (nSPS) is 9.92. The van der Waals surface area contributed by atoms with Crippen LogP contribution in [0, 0.1) is 0 Å². The fourth-order valence-electron chi connectivity index (χ4n) is 0.938. The van der Waals surface area contributed by atoms with Gasteiger partial charge >= 0.3 is 25.6 Å². The Morgan fingerprint density at radius 1 is 1.00 bits per heavy atom. The van der Waals surface area contributed by atoms with E-state index in [0.717, 1.165) is 0 Å². The van der Waals surface area contributed by atoms with Crippen molar-refractivity contribution < 1.29 is 3.08 Å². The second-order valence-electron chi connectivity index (χ2n) is 3.62. The van der Waals surface area contributed by atoms with Crippen molar-refractivity contribution in [1.82, 2.24) is 0 Å². The Hall–Kier alpha value is -0.181. The van der Waals surface area contributed by atoms with Gasteiger partial charge < -0.3 is 0 Å². The summed E-state index contributed by atoms with van der Waals surface area (Å²) in [5, 5.41) is 0. The summed E-state index contributed by atoms with van der Waals surface area (Å²) in [6.45, 7) is 6.67. The van der Waals surface area contributed by atoms with Crippen LogP contribution in [0.25, 0.3) is 0 Å². The van der Waals surface area contributed by atoms with Crippen molar-refractivity contribution in [2.75, 3.05) is 0 Å². The van der Waals surface area contributed by atoms with Crippen LogP contribution in [0.5, 0.6) is 0 Å². The third kappa shape index (κ3) is 4.00. The zero-order chi connectivity index (χ0) is 9.61. The summed E-state index contributed by atoms with van der Waals surface area (Å²) in [6, 6.07) is 10.6. The second kappa shape index (κ2) is 5.46. The van der Waals surface area contributed by atoms with Gasteiger partial charge in [-0.25, -0.2) is 0 Å². The van der Waals surface area contributed by atoms with E-state index in [4.69, 9.17) is 3.08 Å². The van der Waals surface area contributed by atoms with E-state index in [1.807, 2.05) is 0 Å². The molecule has 0 saturated carbocycles. The van der Waals surface area contributed by atoms with Crippen LogP contribution in [-0.2, 0) is 8.49 Å². The van der Waals surface area contributed by atoms with Gasteiger partial charge in [0, 0.05) is 0 Å². The molecule has 0 aliphatic carbocycles. The minimum absolute atomic E-state index is 0.293. The molecule has 1 rings (SSSR count). The number of hydrogen-bond donors (Lipinski definition) is 0. The van der Waals surface area contributed by atoms with Crippen molar-refractivity contribution in [1.29, 1.82) is 0 Å². The maximum atomic E-state index is 8.34. The average Bonchev–Trinajstić information content (AvgIpc) is 2.08. The molecule has 0 fully saturated rings. The molecule has 0 aromatic heterocycles. The summed E-state index contributed by atoms with van der Waals surface area (Å²) in [4.78, 5) is 0. The van der Waals surface area contributed by atoms with Gasteiger partial charge in [0.1, 0.15) is 0 Å². The van der Waals surface area contributed by atoms with Gasteiger partial charge in [-0.15, -0.1) is 0 Å². The average molecular weight is 269 g/mol. The molecule has 64 valence electrons. The Morgan fingerprint density at radius 2 is 1.42 bits per heavy atom. The molecule has 2 radical (unpaired) electrons. The Balaban J connectivity index is 0.000000561. The predicted octanol–water partition coefficient (Wildman–Crippen LogP) is 2.48. The van der Waals surface area contributed by atoms with Crippen LogP contribution >= 0.6 is 0 Å². The van der Waals surface area contributed by atoms with E-state index in [1.54, 1.807) is 0 Å². The van der Waals surface area contributed by atoms with Gasteiger partial charge in [-0.2, -0.15) is 0 Å². The standard InChI is InChI=1S/C10H14.O.Sn/c1-10(2,3)9-7-5-4-6-8-9;;/h4-8H,1-3H3;;. The van der Waals surface area contributed by atoms with Crippen LogP contribution in [0.15, 0.2) is 30.3 Å². The fourth-order valence-corrected chi connectivity index (χ4v) is 0.938. The molecule has 0 unspecified atom stereocenters. The Bertz CT molecular complexity index is 213. The Labute approximate surface area is 87.7 Å². The fraction of sp³-hybridized carbons (Fsp3) is 0.400. The van der Waals surface area contributed by atoms with Crippen molar-refractivity contribution in [2.45, 2.75) is 26.2 Å². The predicted molar refractivity (Wildman–Crippen MR) is 51.6 cm³/mol. The van der Waals surface area contributed by atoms with E-state index in [9.17, 15) is 0 Å². The summed E-state index contributed by atoms with van der Waals surface area (Å²) in [5.74, 6) is 0. The summed E-state index contributed by atoms with van der Waals surface area (Å²) >= 11 is 0.300. The van der Waals surface area contributed by atoms with Crippen LogP contribution in [0.1, 0.15) is 26.3 Å². The molecule has 1 nitrogen and oxygen atoms in total. The second-order valence-corrected chi connectivity index (χ2v) is 3.62. The quantitative estimate of drug-likeness (QED) is 0.661. The number of rotatable bonds is 0. The van der Waals surface area contributed by atoms with Crippen LogP contribution < -0.4 is 0 Å². The van der Waals surface area contributed by atoms with Crippen LogP contribution in [0.4, 0.5) is 0 Å². The van der Waals surface area contributed by atoms with Gasteiger partial charge in [-0.1, -0.05) is 51.1 Å². The molecule has 0 aliphatic rings. The van der Waals surface area contributed by atoms with E-state index in [1.165, 1.54) is 5.56 Å². The maximum absolute atomic E-state index is 8.34.